The van der Waals surface area contributed by atoms with Crippen molar-refractivity contribution < 1.29 is 9.90 Å². The number of aromatic amines is 1. The van der Waals surface area contributed by atoms with Gasteiger partial charge in [-0.25, -0.2) is 0 Å². The number of H-pyrrole nitrogens is 1. The maximum Gasteiger partial charge on any atom is 0.303 e. The Bertz CT molecular complexity index is 399. The van der Waals surface area contributed by atoms with Crippen molar-refractivity contribution in [3.8, 4) is 0 Å². The van der Waals surface area contributed by atoms with Crippen LogP contribution in [0.2, 0.25) is 0 Å². The van der Waals surface area contributed by atoms with Gasteiger partial charge in [0, 0.05) is 6.20 Å². The van der Waals surface area contributed by atoms with Crippen LogP contribution in [-0.2, 0) is 4.79 Å². The van der Waals surface area contributed by atoms with Gasteiger partial charge in [-0.3, -0.25) is 9.59 Å². The lowest BCUT2D eigenvalue weighted by Crippen LogP contribution is -2.09. The van der Waals surface area contributed by atoms with Crippen LogP contribution in [-0.4, -0.2) is 16.1 Å². The Hall–Kier alpha value is -1.10. The number of nitrogens with one attached hydrogen (secondary N) is 1. The van der Waals surface area contributed by atoms with E-state index < -0.39 is 5.97 Å². The molecule has 1 rings (SSSR count). The van der Waals surface area contributed by atoms with Crippen LogP contribution in [0.15, 0.2) is 21.5 Å². The predicted octanol–water partition coefficient (Wildman–Crippen LogP) is 1.72. The first kappa shape index (κ1) is 11.0. The van der Waals surface area contributed by atoms with E-state index in [9.17, 15) is 9.59 Å². The summed E-state index contributed by atoms with van der Waals surface area (Å²) >= 11 is 3.09. The minimum Gasteiger partial charge on any atom is -0.481 e. The van der Waals surface area contributed by atoms with E-state index in [1.54, 1.807) is 19.2 Å². The largest absolute Gasteiger partial charge is 0.481 e. The van der Waals surface area contributed by atoms with Gasteiger partial charge in [-0.1, -0.05) is 6.92 Å². The molecule has 1 atom stereocenters. The fourth-order valence-corrected chi connectivity index (χ4v) is 1.51. The first-order valence-corrected chi connectivity index (χ1v) is 4.90. The van der Waals surface area contributed by atoms with Crippen molar-refractivity contribution in [1.29, 1.82) is 0 Å². The smallest absolute Gasteiger partial charge is 0.303 e. The normalized spacial score (nSPS) is 12.4. The minimum absolute atomic E-state index is 0.0541. The highest BCUT2D eigenvalue weighted by molar-refractivity contribution is 9.10. The van der Waals surface area contributed by atoms with Crippen molar-refractivity contribution in [2.45, 2.75) is 19.3 Å². The molecule has 5 heteroatoms. The molecule has 14 heavy (non-hydrogen) atoms. The molecular weight excluding hydrogens is 250 g/mol. The highest BCUT2D eigenvalue weighted by Gasteiger charge is 2.11. The van der Waals surface area contributed by atoms with Crippen LogP contribution >= 0.6 is 15.9 Å². The standard InChI is InChI=1S/C9H10BrNO3/c1-5(2-8(12)13)6-3-7(10)9(14)11-4-6/h3-5H,2H2,1H3,(H,11,14)(H,12,13). The Morgan fingerprint density at radius 3 is 2.86 bits per heavy atom. The number of halogens is 1. The Balaban J connectivity index is 2.91. The molecule has 1 unspecified atom stereocenters. The summed E-state index contributed by atoms with van der Waals surface area (Å²) in [4.78, 5) is 24.0. The van der Waals surface area contributed by atoms with Gasteiger partial charge in [-0.05, 0) is 33.5 Å². The van der Waals surface area contributed by atoms with Gasteiger partial charge in [-0.2, -0.15) is 0 Å². The van der Waals surface area contributed by atoms with E-state index in [2.05, 4.69) is 20.9 Å². The molecular formula is C9H10BrNO3. The van der Waals surface area contributed by atoms with Crippen molar-refractivity contribution in [1.82, 2.24) is 4.98 Å². The summed E-state index contributed by atoms with van der Waals surface area (Å²) in [5, 5.41) is 8.59. The number of carbonyl (C=O) groups is 1. The molecule has 0 fully saturated rings. The Kier molecular flexibility index (Phi) is 3.46. The van der Waals surface area contributed by atoms with Gasteiger partial charge in [0.05, 0.1) is 10.9 Å². The van der Waals surface area contributed by atoms with Gasteiger partial charge < -0.3 is 10.1 Å². The minimum atomic E-state index is -0.847. The zero-order valence-electron chi connectivity index (χ0n) is 7.58. The Morgan fingerprint density at radius 1 is 1.71 bits per heavy atom. The second kappa shape index (κ2) is 4.41. The highest BCUT2D eigenvalue weighted by Crippen LogP contribution is 2.19. The maximum absolute atomic E-state index is 11.0. The lowest BCUT2D eigenvalue weighted by molar-refractivity contribution is -0.137. The van der Waals surface area contributed by atoms with E-state index in [4.69, 9.17) is 5.11 Å². The summed E-state index contributed by atoms with van der Waals surface area (Å²) in [6.45, 7) is 1.80. The molecule has 0 amide bonds. The zero-order valence-corrected chi connectivity index (χ0v) is 9.17. The van der Waals surface area contributed by atoms with E-state index in [1.165, 1.54) is 0 Å². The number of aliphatic carboxylic acids is 1. The number of carboxylic acid groups (broad SMARTS) is 1. The molecule has 0 radical (unpaired) electrons. The van der Waals surface area contributed by atoms with Crippen LogP contribution in [0.5, 0.6) is 0 Å². The average Bonchev–Trinajstić information content (AvgIpc) is 2.08. The molecule has 1 aromatic heterocycles. The summed E-state index contributed by atoms with van der Waals surface area (Å²) < 4.78 is 0.423. The summed E-state index contributed by atoms with van der Waals surface area (Å²) in [6, 6.07) is 1.65. The van der Waals surface area contributed by atoms with Gasteiger partial charge in [0.15, 0.2) is 0 Å². The lowest BCUT2D eigenvalue weighted by atomic mass is 10.00. The van der Waals surface area contributed by atoms with E-state index in [0.717, 1.165) is 5.56 Å². The van der Waals surface area contributed by atoms with Crippen LogP contribution < -0.4 is 5.56 Å². The molecule has 2 N–H and O–H groups in total. The zero-order chi connectivity index (χ0) is 10.7. The van der Waals surface area contributed by atoms with Gasteiger partial charge in [0.25, 0.3) is 5.56 Å². The van der Waals surface area contributed by atoms with E-state index >= 15 is 0 Å². The number of pyridine rings is 1. The molecule has 0 aliphatic heterocycles. The number of aromatic nitrogens is 1. The Morgan fingerprint density at radius 2 is 2.36 bits per heavy atom. The fourth-order valence-electron chi connectivity index (χ4n) is 1.14. The molecule has 1 aromatic rings. The first-order chi connectivity index (χ1) is 6.50. The van der Waals surface area contributed by atoms with Crippen molar-refractivity contribution in [3.05, 3.63) is 32.7 Å². The maximum atomic E-state index is 11.0. The van der Waals surface area contributed by atoms with Gasteiger partial charge in [-0.15, -0.1) is 0 Å². The second-order valence-corrected chi connectivity index (χ2v) is 3.96. The number of hydrogen-bond donors (Lipinski definition) is 2. The third-order valence-corrected chi connectivity index (χ3v) is 2.52. The number of rotatable bonds is 3. The number of carboxylic acids is 1. The second-order valence-electron chi connectivity index (χ2n) is 3.11. The van der Waals surface area contributed by atoms with Gasteiger partial charge in [0.2, 0.25) is 0 Å². The quantitative estimate of drug-likeness (QED) is 0.869. The summed E-state index contributed by atoms with van der Waals surface area (Å²) in [7, 11) is 0. The van der Waals surface area contributed by atoms with Crippen molar-refractivity contribution >= 4 is 21.9 Å². The highest BCUT2D eigenvalue weighted by atomic mass is 79.9. The van der Waals surface area contributed by atoms with Crippen molar-refractivity contribution in [2.75, 3.05) is 0 Å². The third-order valence-electron chi connectivity index (χ3n) is 1.93. The first-order valence-electron chi connectivity index (χ1n) is 4.10. The van der Waals surface area contributed by atoms with Crippen LogP contribution in [0.3, 0.4) is 0 Å². The Labute approximate surface area is 89.1 Å². The molecule has 4 nitrogen and oxygen atoms in total. The van der Waals surface area contributed by atoms with E-state index in [1.807, 2.05) is 0 Å². The van der Waals surface area contributed by atoms with E-state index in [-0.39, 0.29) is 17.9 Å². The molecule has 0 aromatic carbocycles. The topological polar surface area (TPSA) is 70.2 Å². The monoisotopic (exact) mass is 259 g/mol. The van der Waals surface area contributed by atoms with E-state index in [0.29, 0.717) is 4.47 Å². The van der Waals surface area contributed by atoms with Crippen molar-refractivity contribution in [2.24, 2.45) is 0 Å². The third kappa shape index (κ3) is 2.70. The van der Waals surface area contributed by atoms with Gasteiger partial charge in [0.1, 0.15) is 0 Å². The van der Waals surface area contributed by atoms with Crippen LogP contribution in [0.25, 0.3) is 0 Å². The summed E-state index contributed by atoms with van der Waals surface area (Å²) in [5.74, 6) is -0.958. The molecule has 0 saturated heterocycles. The van der Waals surface area contributed by atoms with Crippen LogP contribution in [0.1, 0.15) is 24.8 Å². The molecule has 0 aliphatic rings. The van der Waals surface area contributed by atoms with Crippen molar-refractivity contribution in [3.63, 3.8) is 0 Å². The average molecular weight is 260 g/mol. The molecule has 0 spiro atoms. The van der Waals surface area contributed by atoms with Crippen LogP contribution in [0.4, 0.5) is 0 Å². The number of hydrogen-bond acceptors (Lipinski definition) is 2. The molecule has 76 valence electrons. The fraction of sp³-hybridized carbons (Fsp3) is 0.333. The summed E-state index contributed by atoms with van der Waals surface area (Å²) in [6.07, 6.45) is 1.60. The van der Waals surface area contributed by atoms with Crippen LogP contribution in [0, 0.1) is 0 Å². The summed E-state index contributed by atoms with van der Waals surface area (Å²) in [5.41, 5.74) is 0.593. The lowest BCUT2D eigenvalue weighted by Gasteiger charge is -2.08. The molecule has 1 heterocycles. The predicted molar refractivity (Wildman–Crippen MR) is 55.4 cm³/mol. The molecule has 0 saturated carbocycles. The molecule has 0 bridgehead atoms. The van der Waals surface area contributed by atoms with Gasteiger partial charge >= 0.3 is 5.97 Å². The SMILES string of the molecule is CC(CC(=O)O)c1c[nH]c(=O)c(Br)c1. The molecule has 0 aliphatic carbocycles.